The molecular formula is C14H19N3O2S. The molecule has 0 aliphatic rings. The number of esters is 1. The van der Waals surface area contributed by atoms with Crippen molar-refractivity contribution in [3.05, 3.63) is 22.5 Å². The summed E-state index contributed by atoms with van der Waals surface area (Å²) in [6, 6.07) is 0. The van der Waals surface area contributed by atoms with Gasteiger partial charge in [-0.15, -0.1) is 11.3 Å². The van der Waals surface area contributed by atoms with Crippen molar-refractivity contribution in [1.82, 2.24) is 14.8 Å². The molecule has 20 heavy (non-hydrogen) atoms. The molecule has 2 rings (SSSR count). The quantitative estimate of drug-likeness (QED) is 0.799. The highest BCUT2D eigenvalue weighted by molar-refractivity contribution is 7.15. The van der Waals surface area contributed by atoms with Gasteiger partial charge in [0.15, 0.2) is 5.69 Å². The van der Waals surface area contributed by atoms with Crippen LogP contribution in [0.1, 0.15) is 41.8 Å². The zero-order valence-electron chi connectivity index (χ0n) is 12.6. The molecule has 0 radical (unpaired) electrons. The summed E-state index contributed by atoms with van der Waals surface area (Å²) in [5.41, 5.74) is 2.26. The van der Waals surface area contributed by atoms with Crippen LogP contribution in [0.3, 0.4) is 0 Å². The van der Waals surface area contributed by atoms with E-state index in [4.69, 9.17) is 4.74 Å². The number of carbonyl (C=O) groups is 1. The van der Waals surface area contributed by atoms with Gasteiger partial charge in [0.1, 0.15) is 5.01 Å². The van der Waals surface area contributed by atoms with E-state index < -0.39 is 5.97 Å². The minimum Gasteiger partial charge on any atom is -0.464 e. The van der Waals surface area contributed by atoms with Gasteiger partial charge in [-0.25, -0.2) is 9.78 Å². The molecule has 0 bridgehead atoms. The summed E-state index contributed by atoms with van der Waals surface area (Å²) in [4.78, 5) is 17.0. The number of methoxy groups -OCH3 is 1. The van der Waals surface area contributed by atoms with E-state index in [0.717, 1.165) is 21.1 Å². The molecule has 108 valence electrons. The largest absolute Gasteiger partial charge is 0.464 e. The lowest BCUT2D eigenvalue weighted by Gasteiger charge is -2.16. The Balaban J connectivity index is 2.56. The van der Waals surface area contributed by atoms with E-state index in [9.17, 15) is 4.79 Å². The van der Waals surface area contributed by atoms with Crippen molar-refractivity contribution >= 4 is 17.3 Å². The topological polar surface area (TPSA) is 57.0 Å². The van der Waals surface area contributed by atoms with Gasteiger partial charge in [0, 0.05) is 23.5 Å². The number of hydrogen-bond donors (Lipinski definition) is 0. The third-order valence-electron chi connectivity index (χ3n) is 2.94. The summed E-state index contributed by atoms with van der Waals surface area (Å²) < 4.78 is 6.54. The number of thiazole rings is 1. The predicted octanol–water partition coefficient (Wildman–Crippen LogP) is 2.94. The lowest BCUT2D eigenvalue weighted by atomic mass is 9.90. The molecule has 0 saturated carbocycles. The van der Waals surface area contributed by atoms with Crippen LogP contribution in [0.2, 0.25) is 0 Å². The number of aryl methyl sites for hydroxylation is 2. The van der Waals surface area contributed by atoms with Crippen molar-refractivity contribution in [3.63, 3.8) is 0 Å². The molecule has 0 spiro atoms. The molecule has 2 aromatic heterocycles. The van der Waals surface area contributed by atoms with Crippen LogP contribution in [0.15, 0.2) is 6.20 Å². The Kier molecular flexibility index (Phi) is 3.69. The van der Waals surface area contributed by atoms with E-state index in [0.29, 0.717) is 5.69 Å². The Hall–Kier alpha value is -1.69. The zero-order valence-corrected chi connectivity index (χ0v) is 13.5. The number of ether oxygens (including phenoxy) is 1. The maximum absolute atomic E-state index is 11.7. The van der Waals surface area contributed by atoms with Crippen molar-refractivity contribution in [3.8, 4) is 10.6 Å². The Morgan fingerprint density at radius 1 is 1.40 bits per heavy atom. The first kappa shape index (κ1) is 14.7. The van der Waals surface area contributed by atoms with E-state index in [1.807, 2.05) is 20.2 Å². The molecule has 2 aromatic rings. The fourth-order valence-electron chi connectivity index (χ4n) is 2.00. The first-order valence-corrected chi connectivity index (χ1v) is 7.16. The lowest BCUT2D eigenvalue weighted by molar-refractivity contribution is 0.0594. The van der Waals surface area contributed by atoms with Gasteiger partial charge in [-0.2, -0.15) is 5.10 Å². The van der Waals surface area contributed by atoms with Gasteiger partial charge in [0.2, 0.25) is 0 Å². The van der Waals surface area contributed by atoms with Crippen LogP contribution in [-0.2, 0) is 17.2 Å². The molecule has 5 nitrogen and oxygen atoms in total. The molecule has 0 aliphatic heterocycles. The van der Waals surface area contributed by atoms with Gasteiger partial charge in [-0.05, 0) is 6.92 Å². The van der Waals surface area contributed by atoms with Gasteiger partial charge in [0.25, 0.3) is 0 Å². The summed E-state index contributed by atoms with van der Waals surface area (Å²) in [7, 11) is 3.26. The molecule has 0 saturated heterocycles. The molecule has 0 amide bonds. The molecule has 2 heterocycles. The van der Waals surface area contributed by atoms with Gasteiger partial charge in [-0.1, -0.05) is 20.8 Å². The lowest BCUT2D eigenvalue weighted by Crippen LogP contribution is -2.13. The fourth-order valence-corrected chi connectivity index (χ4v) is 2.91. The van der Waals surface area contributed by atoms with Crippen molar-refractivity contribution in [2.45, 2.75) is 33.1 Å². The maximum atomic E-state index is 11.7. The fraction of sp³-hybridized carbons (Fsp3) is 0.500. The van der Waals surface area contributed by atoms with Crippen molar-refractivity contribution in [2.24, 2.45) is 7.05 Å². The molecule has 0 fully saturated rings. The van der Waals surface area contributed by atoms with E-state index in [1.165, 1.54) is 18.4 Å². The van der Waals surface area contributed by atoms with Gasteiger partial charge in [0.05, 0.1) is 18.4 Å². The average molecular weight is 293 g/mol. The van der Waals surface area contributed by atoms with E-state index >= 15 is 0 Å². The van der Waals surface area contributed by atoms with Crippen LogP contribution in [0, 0.1) is 6.92 Å². The minimum atomic E-state index is -0.397. The Labute approximate surface area is 122 Å². The number of aromatic nitrogens is 3. The van der Waals surface area contributed by atoms with E-state index in [-0.39, 0.29) is 5.41 Å². The second-order valence-electron chi connectivity index (χ2n) is 5.73. The Morgan fingerprint density at radius 2 is 2.05 bits per heavy atom. The summed E-state index contributed by atoms with van der Waals surface area (Å²) >= 11 is 1.49. The van der Waals surface area contributed by atoms with Crippen LogP contribution in [0.5, 0.6) is 0 Å². The standard InChI is InChI=1S/C14H19N3O2S/c1-8-10(13(18)19-6)15-12(20-8)9-7-17(5)16-11(9)14(2,3)4/h7H,1-6H3. The maximum Gasteiger partial charge on any atom is 0.357 e. The van der Waals surface area contributed by atoms with Crippen LogP contribution in [0.4, 0.5) is 0 Å². The highest BCUT2D eigenvalue weighted by Gasteiger charge is 2.26. The highest BCUT2D eigenvalue weighted by atomic mass is 32.1. The average Bonchev–Trinajstić information content (AvgIpc) is 2.91. The normalized spacial score (nSPS) is 11.7. The minimum absolute atomic E-state index is 0.0817. The van der Waals surface area contributed by atoms with Crippen LogP contribution < -0.4 is 0 Å². The first-order valence-electron chi connectivity index (χ1n) is 6.34. The van der Waals surface area contributed by atoms with Crippen LogP contribution in [-0.4, -0.2) is 27.8 Å². The second kappa shape index (κ2) is 5.01. The zero-order chi connectivity index (χ0) is 15.1. The van der Waals surface area contributed by atoms with Gasteiger partial charge < -0.3 is 4.74 Å². The molecule has 0 unspecified atom stereocenters. The summed E-state index contributed by atoms with van der Waals surface area (Å²) in [6.07, 6.45) is 1.94. The van der Waals surface area contributed by atoms with Crippen LogP contribution in [0.25, 0.3) is 10.6 Å². The molecule has 0 atom stereocenters. The summed E-state index contributed by atoms with van der Waals surface area (Å²) in [5, 5.41) is 5.34. The Bertz CT molecular complexity index is 650. The second-order valence-corrected chi connectivity index (χ2v) is 6.93. The molecular weight excluding hydrogens is 274 g/mol. The number of hydrogen-bond acceptors (Lipinski definition) is 5. The third kappa shape index (κ3) is 2.60. The van der Waals surface area contributed by atoms with Crippen molar-refractivity contribution < 1.29 is 9.53 Å². The van der Waals surface area contributed by atoms with Gasteiger partial charge in [-0.3, -0.25) is 4.68 Å². The number of rotatable bonds is 2. The van der Waals surface area contributed by atoms with Crippen molar-refractivity contribution in [1.29, 1.82) is 0 Å². The molecule has 0 aromatic carbocycles. The van der Waals surface area contributed by atoms with E-state index in [1.54, 1.807) is 4.68 Å². The van der Waals surface area contributed by atoms with E-state index in [2.05, 4.69) is 30.9 Å². The smallest absolute Gasteiger partial charge is 0.357 e. The third-order valence-corrected chi connectivity index (χ3v) is 3.95. The summed E-state index contributed by atoms with van der Waals surface area (Å²) in [6.45, 7) is 8.21. The summed E-state index contributed by atoms with van der Waals surface area (Å²) in [5.74, 6) is -0.397. The molecule has 0 aliphatic carbocycles. The molecule has 0 N–H and O–H groups in total. The number of carbonyl (C=O) groups excluding carboxylic acids is 1. The van der Waals surface area contributed by atoms with Gasteiger partial charge >= 0.3 is 5.97 Å². The van der Waals surface area contributed by atoms with Crippen LogP contribution >= 0.6 is 11.3 Å². The highest BCUT2D eigenvalue weighted by Crippen LogP contribution is 2.35. The van der Waals surface area contributed by atoms with Crippen molar-refractivity contribution in [2.75, 3.05) is 7.11 Å². The number of nitrogens with zero attached hydrogens (tertiary/aromatic N) is 3. The monoisotopic (exact) mass is 293 g/mol. The molecule has 6 heteroatoms. The SMILES string of the molecule is COC(=O)c1nc(-c2cn(C)nc2C(C)(C)C)sc1C. The predicted molar refractivity (Wildman–Crippen MR) is 79.1 cm³/mol. The first-order chi connectivity index (χ1) is 9.24. The Morgan fingerprint density at radius 3 is 2.60 bits per heavy atom.